The zero-order valence-electron chi connectivity index (χ0n) is 30.7. The van der Waals surface area contributed by atoms with Crippen LogP contribution in [-0.4, -0.2) is 133 Å². The standard InChI is InChI=1S/C35H46N6O14/c1-22(42)38-34(52)24(20-28(46)36-10-14-54-16-12-40-30(48)6-7-31(40)49)18-26(44)4-3-5-27(45)19-25(35(53)39-23(2)43)21-29(47)37-11-15-55-17-13-41-32(50)8-9-33(41)51/h6-9,24-25H,3-5,10-21H2,1-2H3,(H,36,46)(H,37,47)(H,38,42,52)(H,39,43,53). The molecule has 300 valence electrons. The molecule has 2 aliphatic rings. The van der Waals surface area contributed by atoms with E-state index in [4.69, 9.17) is 9.47 Å². The van der Waals surface area contributed by atoms with Crippen LogP contribution in [0, 0.1) is 11.8 Å². The molecule has 2 atom stereocenters. The Bertz CT molecular complexity index is 1440. The number of carbonyl (C=O) groups excluding carboxylic acids is 12. The molecule has 0 saturated carbocycles. The van der Waals surface area contributed by atoms with Crippen LogP contribution in [0.1, 0.15) is 58.8 Å². The van der Waals surface area contributed by atoms with Gasteiger partial charge in [-0.25, -0.2) is 0 Å². The number of hydrogen-bond donors (Lipinski definition) is 4. The van der Waals surface area contributed by atoms with E-state index >= 15 is 0 Å². The van der Waals surface area contributed by atoms with Gasteiger partial charge in [-0.3, -0.25) is 78.0 Å². The molecular weight excluding hydrogens is 728 g/mol. The van der Waals surface area contributed by atoms with Gasteiger partial charge in [-0.1, -0.05) is 0 Å². The number of hydrogen-bond acceptors (Lipinski definition) is 14. The molecule has 4 N–H and O–H groups in total. The fourth-order valence-corrected chi connectivity index (χ4v) is 5.24. The quantitative estimate of drug-likeness (QED) is 0.0524. The predicted octanol–water partition coefficient (Wildman–Crippen LogP) is -2.47. The van der Waals surface area contributed by atoms with Crippen LogP contribution in [0.4, 0.5) is 0 Å². The highest BCUT2D eigenvalue weighted by Crippen LogP contribution is 2.16. The molecule has 0 saturated heterocycles. The highest BCUT2D eigenvalue weighted by atomic mass is 16.5. The molecule has 0 radical (unpaired) electrons. The van der Waals surface area contributed by atoms with Crippen LogP contribution in [0.25, 0.3) is 0 Å². The molecule has 0 aromatic rings. The maximum atomic E-state index is 12.8. The number of Topliss-reactive ketones (excluding diaryl/α,β-unsaturated/α-hetero) is 2. The van der Waals surface area contributed by atoms with Gasteiger partial charge in [0.2, 0.25) is 35.4 Å². The Morgan fingerprint density at radius 3 is 1.22 bits per heavy atom. The Hall–Kier alpha value is -5.76. The van der Waals surface area contributed by atoms with Gasteiger partial charge in [-0.05, 0) is 6.42 Å². The van der Waals surface area contributed by atoms with Crippen molar-refractivity contribution < 1.29 is 67.0 Å². The minimum absolute atomic E-state index is 0.0161. The fourth-order valence-electron chi connectivity index (χ4n) is 5.24. The number of ether oxygens (including phenoxy) is 2. The summed E-state index contributed by atoms with van der Waals surface area (Å²) in [6.07, 6.45) is 2.53. The van der Waals surface area contributed by atoms with Crippen LogP contribution >= 0.6 is 0 Å². The van der Waals surface area contributed by atoms with Crippen molar-refractivity contribution in [3.63, 3.8) is 0 Å². The maximum absolute atomic E-state index is 12.8. The molecule has 0 bridgehead atoms. The Kier molecular flexibility index (Phi) is 19.7. The van der Waals surface area contributed by atoms with Crippen molar-refractivity contribution in [1.82, 2.24) is 31.1 Å². The van der Waals surface area contributed by atoms with Crippen molar-refractivity contribution in [2.75, 3.05) is 52.6 Å². The highest BCUT2D eigenvalue weighted by molar-refractivity contribution is 6.13. The number of imide groups is 4. The van der Waals surface area contributed by atoms with E-state index in [0.29, 0.717) is 0 Å². The Morgan fingerprint density at radius 2 is 0.891 bits per heavy atom. The van der Waals surface area contributed by atoms with Crippen LogP contribution in [0.15, 0.2) is 24.3 Å². The molecule has 10 amide bonds. The molecule has 0 aromatic heterocycles. The first-order chi connectivity index (χ1) is 26.1. The van der Waals surface area contributed by atoms with Crippen LogP contribution in [0.5, 0.6) is 0 Å². The van der Waals surface area contributed by atoms with E-state index in [0.717, 1.165) is 48.0 Å². The van der Waals surface area contributed by atoms with E-state index in [1.165, 1.54) is 0 Å². The summed E-state index contributed by atoms with van der Waals surface area (Å²) in [5.41, 5.74) is 0. The average Bonchev–Trinajstić information content (AvgIpc) is 3.60. The van der Waals surface area contributed by atoms with Gasteiger partial charge in [0, 0.05) is 89.8 Å². The van der Waals surface area contributed by atoms with Crippen LogP contribution in [0.2, 0.25) is 0 Å². The average molecular weight is 775 g/mol. The second-order valence-corrected chi connectivity index (χ2v) is 12.5. The number of nitrogens with zero attached hydrogens (tertiary/aromatic N) is 2. The summed E-state index contributed by atoms with van der Waals surface area (Å²) >= 11 is 0. The fraction of sp³-hybridized carbons (Fsp3) is 0.543. The maximum Gasteiger partial charge on any atom is 0.253 e. The van der Waals surface area contributed by atoms with Gasteiger partial charge in [-0.2, -0.15) is 0 Å². The Labute approximate surface area is 316 Å². The number of amides is 10. The summed E-state index contributed by atoms with van der Waals surface area (Å²) in [6.45, 7) is 2.38. The first kappa shape index (κ1) is 45.4. The molecule has 2 aliphatic heterocycles. The summed E-state index contributed by atoms with van der Waals surface area (Å²) in [6, 6.07) is 0. The van der Waals surface area contributed by atoms with E-state index in [2.05, 4.69) is 21.3 Å². The van der Waals surface area contributed by atoms with Crippen LogP contribution in [0.3, 0.4) is 0 Å². The van der Waals surface area contributed by atoms with Gasteiger partial charge in [0.15, 0.2) is 0 Å². The Morgan fingerprint density at radius 1 is 0.545 bits per heavy atom. The van der Waals surface area contributed by atoms with Gasteiger partial charge in [0.05, 0.1) is 51.4 Å². The molecule has 2 unspecified atom stereocenters. The molecule has 55 heavy (non-hydrogen) atoms. The summed E-state index contributed by atoms with van der Waals surface area (Å²) in [4.78, 5) is 147. The smallest absolute Gasteiger partial charge is 0.253 e. The summed E-state index contributed by atoms with van der Waals surface area (Å²) in [7, 11) is 0. The van der Waals surface area contributed by atoms with Gasteiger partial charge in [0.1, 0.15) is 11.6 Å². The highest BCUT2D eigenvalue weighted by Gasteiger charge is 2.28. The molecule has 20 heteroatoms. The molecule has 0 fully saturated rings. The van der Waals surface area contributed by atoms with E-state index < -0.39 is 108 Å². The lowest BCUT2D eigenvalue weighted by Crippen LogP contribution is -2.39. The van der Waals surface area contributed by atoms with E-state index in [1.807, 2.05) is 0 Å². The second-order valence-electron chi connectivity index (χ2n) is 12.5. The number of carbonyl (C=O) groups is 12. The molecule has 2 rings (SSSR count). The molecule has 0 aliphatic carbocycles. The van der Waals surface area contributed by atoms with E-state index in [-0.39, 0.29) is 71.9 Å². The third-order valence-electron chi connectivity index (χ3n) is 7.92. The third kappa shape index (κ3) is 17.7. The van der Waals surface area contributed by atoms with Crippen molar-refractivity contribution in [2.45, 2.75) is 58.8 Å². The van der Waals surface area contributed by atoms with Crippen molar-refractivity contribution in [1.29, 1.82) is 0 Å². The molecule has 0 spiro atoms. The monoisotopic (exact) mass is 774 g/mol. The summed E-state index contributed by atoms with van der Waals surface area (Å²) < 4.78 is 10.6. The first-order valence-corrected chi connectivity index (χ1v) is 17.5. The number of ketones is 2. The number of rotatable bonds is 26. The zero-order valence-corrected chi connectivity index (χ0v) is 30.7. The van der Waals surface area contributed by atoms with Gasteiger partial charge < -0.3 is 20.1 Å². The third-order valence-corrected chi connectivity index (χ3v) is 7.92. The molecular formula is C35H46N6O14. The molecule has 0 aromatic carbocycles. The van der Waals surface area contributed by atoms with Crippen LogP contribution in [-0.2, 0) is 67.0 Å². The lowest BCUT2D eigenvalue weighted by Gasteiger charge is -2.16. The number of nitrogens with one attached hydrogen (secondary N) is 4. The molecule has 20 nitrogen and oxygen atoms in total. The largest absolute Gasteiger partial charge is 0.378 e. The van der Waals surface area contributed by atoms with E-state index in [9.17, 15) is 57.5 Å². The van der Waals surface area contributed by atoms with Crippen LogP contribution < -0.4 is 21.3 Å². The van der Waals surface area contributed by atoms with Gasteiger partial charge >= 0.3 is 0 Å². The Balaban J connectivity index is 1.76. The molecule has 2 heterocycles. The second kappa shape index (κ2) is 23.8. The van der Waals surface area contributed by atoms with Crippen molar-refractivity contribution in [3.8, 4) is 0 Å². The SMILES string of the molecule is CC(=O)NC(=O)C(CC(=O)CCCC(=O)CC(CC(=O)NCCOCCN1C(=O)C=CC1=O)C(=O)NC(C)=O)CC(=O)NCCOCCN1C(=O)C=CC1=O. The summed E-state index contributed by atoms with van der Waals surface area (Å²) in [5, 5.41) is 9.17. The minimum Gasteiger partial charge on any atom is -0.378 e. The lowest BCUT2D eigenvalue weighted by atomic mass is 9.93. The van der Waals surface area contributed by atoms with Crippen molar-refractivity contribution in [3.05, 3.63) is 24.3 Å². The van der Waals surface area contributed by atoms with E-state index in [1.54, 1.807) is 0 Å². The summed E-state index contributed by atoms with van der Waals surface area (Å²) in [5.74, 6) is -9.46. The normalized spacial score (nSPS) is 14.5. The predicted molar refractivity (Wildman–Crippen MR) is 186 cm³/mol. The topological polar surface area (TPSA) is 278 Å². The zero-order chi connectivity index (χ0) is 40.9. The lowest BCUT2D eigenvalue weighted by molar-refractivity contribution is -0.139. The van der Waals surface area contributed by atoms with Gasteiger partial charge in [-0.15, -0.1) is 0 Å². The first-order valence-electron chi connectivity index (χ1n) is 17.5. The van der Waals surface area contributed by atoms with Crippen molar-refractivity contribution >= 4 is 70.6 Å². The van der Waals surface area contributed by atoms with Gasteiger partial charge in [0.25, 0.3) is 23.6 Å². The van der Waals surface area contributed by atoms with Crippen molar-refractivity contribution in [2.24, 2.45) is 11.8 Å². The minimum atomic E-state index is -1.20.